The number of para-hydroxylation sites is 1. The van der Waals surface area contributed by atoms with Gasteiger partial charge in [-0.15, -0.1) is 11.6 Å². The number of hydrogen-bond donors (Lipinski definition) is 0. The number of hydrogen-bond acceptors (Lipinski definition) is 2. The maximum absolute atomic E-state index is 6.06. The van der Waals surface area contributed by atoms with Gasteiger partial charge in [0.1, 0.15) is 0 Å². The second-order valence-electron chi connectivity index (χ2n) is 4.66. The van der Waals surface area contributed by atoms with Crippen molar-refractivity contribution in [2.24, 2.45) is 0 Å². The van der Waals surface area contributed by atoms with Gasteiger partial charge in [-0.1, -0.05) is 48.5 Å². The molecule has 2 nitrogen and oxygen atoms in total. The molecule has 19 heavy (non-hydrogen) atoms. The predicted molar refractivity (Wildman–Crippen MR) is 78.6 cm³/mol. The van der Waals surface area contributed by atoms with Crippen LogP contribution >= 0.6 is 11.6 Å². The average molecular weight is 274 g/mol. The largest absolute Gasteiger partial charge is 0.348 e. The standard InChI is InChI=1S/C16H16ClNO/c17-11-15-12-18(14-9-5-2-6-10-14)16(19-15)13-7-3-1-4-8-13/h1-10,15-16H,11-12H2/t15-,16-/m0/s1. The van der Waals surface area contributed by atoms with Crippen LogP contribution in [0, 0.1) is 0 Å². The van der Waals surface area contributed by atoms with E-state index in [1.54, 1.807) is 0 Å². The summed E-state index contributed by atoms with van der Waals surface area (Å²) in [7, 11) is 0. The Balaban J connectivity index is 1.92. The van der Waals surface area contributed by atoms with E-state index >= 15 is 0 Å². The Labute approximate surface area is 118 Å². The smallest absolute Gasteiger partial charge is 0.157 e. The molecule has 0 N–H and O–H groups in total. The van der Waals surface area contributed by atoms with E-state index in [9.17, 15) is 0 Å². The molecule has 1 aliphatic heterocycles. The topological polar surface area (TPSA) is 12.5 Å². The minimum Gasteiger partial charge on any atom is -0.348 e. The molecule has 2 aromatic rings. The van der Waals surface area contributed by atoms with Crippen molar-refractivity contribution in [1.29, 1.82) is 0 Å². The Morgan fingerprint density at radius 2 is 1.63 bits per heavy atom. The van der Waals surface area contributed by atoms with Gasteiger partial charge in [0.15, 0.2) is 6.23 Å². The molecule has 2 aromatic carbocycles. The summed E-state index contributed by atoms with van der Waals surface area (Å²) in [6.45, 7) is 0.826. The summed E-state index contributed by atoms with van der Waals surface area (Å²) in [6, 6.07) is 20.6. The van der Waals surface area contributed by atoms with Crippen LogP contribution in [-0.4, -0.2) is 18.5 Å². The van der Waals surface area contributed by atoms with Crippen LogP contribution in [0.4, 0.5) is 5.69 Å². The van der Waals surface area contributed by atoms with Crippen molar-refractivity contribution in [2.75, 3.05) is 17.3 Å². The van der Waals surface area contributed by atoms with Crippen LogP contribution < -0.4 is 4.90 Å². The Morgan fingerprint density at radius 3 is 2.26 bits per heavy atom. The Hall–Kier alpha value is -1.51. The molecule has 2 atom stereocenters. The zero-order valence-electron chi connectivity index (χ0n) is 10.6. The molecule has 0 aliphatic carbocycles. The quantitative estimate of drug-likeness (QED) is 0.788. The zero-order valence-corrected chi connectivity index (χ0v) is 11.3. The number of anilines is 1. The Kier molecular flexibility index (Phi) is 3.72. The fourth-order valence-electron chi connectivity index (χ4n) is 2.44. The number of nitrogens with zero attached hydrogens (tertiary/aromatic N) is 1. The highest BCUT2D eigenvalue weighted by Crippen LogP contribution is 2.34. The first-order valence-corrected chi connectivity index (χ1v) is 7.00. The van der Waals surface area contributed by atoms with E-state index in [0.717, 1.165) is 6.54 Å². The van der Waals surface area contributed by atoms with Gasteiger partial charge >= 0.3 is 0 Å². The minimum absolute atomic E-state index is 0.0488. The molecule has 0 unspecified atom stereocenters. The molecule has 1 aliphatic rings. The maximum Gasteiger partial charge on any atom is 0.157 e. The van der Waals surface area contributed by atoms with Crippen molar-refractivity contribution in [1.82, 2.24) is 0 Å². The molecule has 3 rings (SSSR count). The molecule has 1 saturated heterocycles. The molecular formula is C16H16ClNO. The second-order valence-corrected chi connectivity index (χ2v) is 4.97. The molecule has 0 bridgehead atoms. The van der Waals surface area contributed by atoms with E-state index in [2.05, 4.69) is 29.2 Å². The highest BCUT2D eigenvalue weighted by Gasteiger charge is 2.33. The van der Waals surface area contributed by atoms with Gasteiger partial charge in [-0.2, -0.15) is 0 Å². The molecule has 0 saturated carbocycles. The summed E-state index contributed by atoms with van der Waals surface area (Å²) >= 11 is 5.96. The third-order valence-electron chi connectivity index (χ3n) is 3.35. The van der Waals surface area contributed by atoms with Gasteiger partial charge in [0.2, 0.25) is 0 Å². The zero-order chi connectivity index (χ0) is 13.1. The first-order chi connectivity index (χ1) is 9.38. The molecule has 0 radical (unpaired) electrons. The van der Waals surface area contributed by atoms with Gasteiger partial charge in [-0.25, -0.2) is 0 Å². The normalized spacial score (nSPS) is 22.7. The van der Waals surface area contributed by atoms with Gasteiger partial charge in [0.25, 0.3) is 0 Å². The first-order valence-electron chi connectivity index (χ1n) is 6.46. The lowest BCUT2D eigenvalue weighted by atomic mass is 10.1. The number of ether oxygens (including phenoxy) is 1. The van der Waals surface area contributed by atoms with Gasteiger partial charge in [-0.05, 0) is 12.1 Å². The van der Waals surface area contributed by atoms with Crippen LogP contribution in [0.1, 0.15) is 11.8 Å². The van der Waals surface area contributed by atoms with Crippen molar-refractivity contribution in [3.05, 3.63) is 66.2 Å². The van der Waals surface area contributed by atoms with Crippen LogP contribution in [0.15, 0.2) is 60.7 Å². The predicted octanol–water partition coefficient (Wildman–Crippen LogP) is 3.83. The third-order valence-corrected chi connectivity index (χ3v) is 3.69. The van der Waals surface area contributed by atoms with E-state index < -0.39 is 0 Å². The minimum atomic E-state index is -0.0488. The van der Waals surface area contributed by atoms with E-state index in [4.69, 9.17) is 16.3 Å². The van der Waals surface area contributed by atoms with Crippen molar-refractivity contribution < 1.29 is 4.74 Å². The maximum atomic E-state index is 6.06. The molecule has 0 aromatic heterocycles. The van der Waals surface area contributed by atoms with Crippen LogP contribution in [0.3, 0.4) is 0 Å². The first kappa shape index (κ1) is 12.5. The lowest BCUT2D eigenvalue weighted by Gasteiger charge is -2.25. The SMILES string of the molecule is ClC[C@H]1CN(c2ccccc2)[C@H](c2ccccc2)O1. The number of rotatable bonds is 3. The highest BCUT2D eigenvalue weighted by molar-refractivity contribution is 6.18. The summed E-state index contributed by atoms with van der Waals surface area (Å²) in [4.78, 5) is 2.27. The van der Waals surface area contributed by atoms with Crippen molar-refractivity contribution in [2.45, 2.75) is 12.3 Å². The molecule has 1 heterocycles. The number of halogens is 1. The molecule has 3 heteroatoms. The van der Waals surface area contributed by atoms with Gasteiger partial charge in [0.05, 0.1) is 12.0 Å². The van der Waals surface area contributed by atoms with Crippen molar-refractivity contribution in [3.8, 4) is 0 Å². The van der Waals surface area contributed by atoms with Gasteiger partial charge < -0.3 is 9.64 Å². The summed E-state index contributed by atoms with van der Waals surface area (Å²) < 4.78 is 6.06. The average Bonchev–Trinajstić information content (AvgIpc) is 2.93. The molecule has 0 spiro atoms. The summed E-state index contributed by atoms with van der Waals surface area (Å²) in [6.07, 6.45) is 0.0272. The van der Waals surface area contributed by atoms with Crippen LogP contribution in [0.5, 0.6) is 0 Å². The number of benzene rings is 2. The molecule has 98 valence electrons. The Morgan fingerprint density at radius 1 is 1.00 bits per heavy atom. The Bertz CT molecular complexity index is 469. The number of alkyl halides is 1. The summed E-state index contributed by atoms with van der Waals surface area (Å²) in [5, 5.41) is 0. The fraction of sp³-hybridized carbons (Fsp3) is 0.250. The fourth-order valence-corrected chi connectivity index (χ4v) is 2.61. The van der Waals surface area contributed by atoms with Crippen LogP contribution in [0.25, 0.3) is 0 Å². The monoisotopic (exact) mass is 273 g/mol. The molecular weight excluding hydrogens is 258 g/mol. The second kappa shape index (κ2) is 5.64. The van der Waals surface area contributed by atoms with Crippen LogP contribution in [-0.2, 0) is 4.74 Å². The lowest BCUT2D eigenvalue weighted by Crippen LogP contribution is -2.24. The third kappa shape index (κ3) is 2.60. The van der Waals surface area contributed by atoms with E-state index in [1.165, 1.54) is 11.3 Å². The van der Waals surface area contributed by atoms with Crippen LogP contribution in [0.2, 0.25) is 0 Å². The summed E-state index contributed by atoms with van der Waals surface area (Å²) in [5.74, 6) is 0.521. The lowest BCUT2D eigenvalue weighted by molar-refractivity contribution is 0.0606. The van der Waals surface area contributed by atoms with E-state index in [0.29, 0.717) is 5.88 Å². The van der Waals surface area contributed by atoms with E-state index in [1.807, 2.05) is 36.4 Å². The van der Waals surface area contributed by atoms with Gasteiger partial charge in [-0.3, -0.25) is 0 Å². The highest BCUT2D eigenvalue weighted by atomic mass is 35.5. The van der Waals surface area contributed by atoms with E-state index in [-0.39, 0.29) is 12.3 Å². The summed E-state index contributed by atoms with van der Waals surface area (Å²) in [5.41, 5.74) is 2.34. The van der Waals surface area contributed by atoms with Gasteiger partial charge in [0, 0.05) is 17.8 Å². The van der Waals surface area contributed by atoms with Crippen molar-refractivity contribution >= 4 is 17.3 Å². The molecule has 0 amide bonds. The molecule has 1 fully saturated rings. The van der Waals surface area contributed by atoms with Crippen molar-refractivity contribution in [3.63, 3.8) is 0 Å².